The zero-order valence-corrected chi connectivity index (χ0v) is 12.0. The lowest BCUT2D eigenvalue weighted by Crippen LogP contribution is -2.10. The molecule has 2 rings (SSSR count). The van der Waals surface area contributed by atoms with E-state index in [1.807, 2.05) is 33.0 Å². The minimum atomic E-state index is 0.0564. The predicted octanol–water partition coefficient (Wildman–Crippen LogP) is 3.03. The number of nitrogens with two attached hydrogens (primary N) is 1. The fourth-order valence-electron chi connectivity index (χ4n) is 2.15. The third kappa shape index (κ3) is 2.75. The quantitative estimate of drug-likeness (QED) is 0.869. The second-order valence-corrected chi connectivity index (χ2v) is 4.90. The molecule has 1 atom stereocenters. The van der Waals surface area contributed by atoms with Gasteiger partial charge < -0.3 is 15.5 Å². The summed E-state index contributed by atoms with van der Waals surface area (Å²) in [5.74, 6) is 2.66. The van der Waals surface area contributed by atoms with Crippen molar-refractivity contribution in [2.45, 2.75) is 39.7 Å². The molecule has 1 unspecified atom stereocenters. The SMILES string of the molecule is CCCc1nn(C)c(NC(C)c2ccc(C)o2)c1N. The molecule has 0 saturated carbocycles. The van der Waals surface area contributed by atoms with Crippen LogP contribution in [0.3, 0.4) is 0 Å². The molecule has 0 fully saturated rings. The second kappa shape index (κ2) is 5.38. The molecule has 2 aromatic rings. The monoisotopic (exact) mass is 262 g/mol. The Kier molecular flexibility index (Phi) is 3.83. The van der Waals surface area contributed by atoms with E-state index in [0.29, 0.717) is 0 Å². The van der Waals surface area contributed by atoms with E-state index in [1.54, 1.807) is 4.68 Å². The lowest BCUT2D eigenvalue weighted by Gasteiger charge is -2.13. The van der Waals surface area contributed by atoms with E-state index in [-0.39, 0.29) is 6.04 Å². The van der Waals surface area contributed by atoms with Gasteiger partial charge in [-0.1, -0.05) is 13.3 Å². The molecule has 5 nitrogen and oxygen atoms in total. The molecule has 5 heteroatoms. The number of nitrogen functional groups attached to an aromatic ring is 1. The lowest BCUT2D eigenvalue weighted by atomic mass is 10.2. The predicted molar refractivity (Wildman–Crippen MR) is 77.1 cm³/mol. The van der Waals surface area contributed by atoms with Gasteiger partial charge in [-0.05, 0) is 32.4 Å². The van der Waals surface area contributed by atoms with Crippen molar-refractivity contribution in [3.63, 3.8) is 0 Å². The van der Waals surface area contributed by atoms with Gasteiger partial charge in [-0.25, -0.2) is 0 Å². The van der Waals surface area contributed by atoms with E-state index >= 15 is 0 Å². The Morgan fingerprint density at radius 2 is 2.21 bits per heavy atom. The van der Waals surface area contributed by atoms with Gasteiger partial charge in [0.15, 0.2) is 0 Å². The summed E-state index contributed by atoms with van der Waals surface area (Å²) >= 11 is 0. The molecule has 2 heterocycles. The highest BCUT2D eigenvalue weighted by atomic mass is 16.3. The van der Waals surface area contributed by atoms with Crippen molar-refractivity contribution < 1.29 is 4.42 Å². The van der Waals surface area contributed by atoms with Crippen LogP contribution in [0, 0.1) is 6.92 Å². The standard InChI is InChI=1S/C14H22N4O/c1-5-6-11-13(15)14(18(4)17-11)16-10(3)12-8-7-9(2)19-12/h7-8,10,16H,5-6,15H2,1-4H3. The van der Waals surface area contributed by atoms with Crippen molar-refractivity contribution in [3.05, 3.63) is 29.3 Å². The fraction of sp³-hybridized carbons (Fsp3) is 0.500. The zero-order chi connectivity index (χ0) is 14.0. The molecule has 0 aliphatic rings. The number of rotatable bonds is 5. The molecule has 0 amide bonds. The van der Waals surface area contributed by atoms with E-state index < -0.39 is 0 Å². The molecular weight excluding hydrogens is 240 g/mol. The van der Waals surface area contributed by atoms with Gasteiger partial charge >= 0.3 is 0 Å². The van der Waals surface area contributed by atoms with Crippen LogP contribution in [0.2, 0.25) is 0 Å². The molecule has 3 N–H and O–H groups in total. The van der Waals surface area contributed by atoms with Crippen LogP contribution in [0.5, 0.6) is 0 Å². The molecule has 0 aliphatic carbocycles. The van der Waals surface area contributed by atoms with E-state index in [2.05, 4.69) is 17.3 Å². The first kappa shape index (κ1) is 13.5. The first-order valence-electron chi connectivity index (χ1n) is 6.67. The summed E-state index contributed by atoms with van der Waals surface area (Å²) in [4.78, 5) is 0. The van der Waals surface area contributed by atoms with E-state index in [9.17, 15) is 0 Å². The fourth-order valence-corrected chi connectivity index (χ4v) is 2.15. The second-order valence-electron chi connectivity index (χ2n) is 4.90. The zero-order valence-electron chi connectivity index (χ0n) is 12.0. The van der Waals surface area contributed by atoms with Gasteiger partial charge in [-0.3, -0.25) is 4.68 Å². The first-order valence-corrected chi connectivity index (χ1v) is 6.67. The highest BCUT2D eigenvalue weighted by molar-refractivity contribution is 5.65. The Labute approximate surface area is 113 Å². The van der Waals surface area contributed by atoms with Gasteiger partial charge in [-0.15, -0.1) is 0 Å². The Balaban J connectivity index is 2.19. The van der Waals surface area contributed by atoms with Crippen LogP contribution in [-0.4, -0.2) is 9.78 Å². The largest absolute Gasteiger partial charge is 0.464 e. The minimum Gasteiger partial charge on any atom is -0.464 e. The maximum absolute atomic E-state index is 6.15. The third-order valence-electron chi connectivity index (χ3n) is 3.19. The average Bonchev–Trinajstić information content (AvgIpc) is 2.90. The van der Waals surface area contributed by atoms with Gasteiger partial charge in [0, 0.05) is 7.05 Å². The molecule has 104 valence electrons. The van der Waals surface area contributed by atoms with Crippen LogP contribution < -0.4 is 11.1 Å². The number of nitrogens with one attached hydrogen (secondary N) is 1. The number of nitrogens with zero attached hydrogens (tertiary/aromatic N) is 2. The maximum atomic E-state index is 6.15. The molecule has 0 aromatic carbocycles. The number of anilines is 2. The molecule has 0 saturated heterocycles. The summed E-state index contributed by atoms with van der Waals surface area (Å²) < 4.78 is 7.42. The van der Waals surface area contributed by atoms with E-state index in [4.69, 9.17) is 10.2 Å². The van der Waals surface area contributed by atoms with Crippen molar-refractivity contribution in [2.24, 2.45) is 7.05 Å². The molecule has 19 heavy (non-hydrogen) atoms. The minimum absolute atomic E-state index is 0.0564. The summed E-state index contributed by atoms with van der Waals surface area (Å²) in [6.45, 7) is 6.10. The van der Waals surface area contributed by atoms with Crippen LogP contribution in [0.1, 0.15) is 43.5 Å². The molecular formula is C14H22N4O. The summed E-state index contributed by atoms with van der Waals surface area (Å²) in [6.07, 6.45) is 1.93. The van der Waals surface area contributed by atoms with Gasteiger partial charge in [0.25, 0.3) is 0 Å². The number of aryl methyl sites for hydroxylation is 3. The Morgan fingerprint density at radius 3 is 2.79 bits per heavy atom. The number of hydrogen-bond acceptors (Lipinski definition) is 4. The van der Waals surface area contributed by atoms with Crippen molar-refractivity contribution in [2.75, 3.05) is 11.1 Å². The average molecular weight is 262 g/mol. The number of furan rings is 1. The third-order valence-corrected chi connectivity index (χ3v) is 3.19. The van der Waals surface area contributed by atoms with Gasteiger partial charge in [0.2, 0.25) is 0 Å². The maximum Gasteiger partial charge on any atom is 0.148 e. The smallest absolute Gasteiger partial charge is 0.148 e. The highest BCUT2D eigenvalue weighted by Gasteiger charge is 2.16. The first-order chi connectivity index (χ1) is 9.02. The Morgan fingerprint density at radius 1 is 1.47 bits per heavy atom. The topological polar surface area (TPSA) is 69.0 Å². The van der Waals surface area contributed by atoms with Crippen molar-refractivity contribution >= 4 is 11.5 Å². The molecule has 0 radical (unpaired) electrons. The van der Waals surface area contributed by atoms with Crippen LogP contribution in [0.15, 0.2) is 16.5 Å². The van der Waals surface area contributed by atoms with E-state index in [0.717, 1.165) is 41.6 Å². The number of hydrogen-bond donors (Lipinski definition) is 2. The van der Waals surface area contributed by atoms with E-state index in [1.165, 1.54) is 0 Å². The normalized spacial score (nSPS) is 12.6. The lowest BCUT2D eigenvalue weighted by molar-refractivity contribution is 0.466. The molecule has 0 bridgehead atoms. The molecule has 0 aliphatic heterocycles. The van der Waals surface area contributed by atoms with Gasteiger partial charge in [0.1, 0.15) is 17.3 Å². The van der Waals surface area contributed by atoms with Crippen molar-refractivity contribution in [3.8, 4) is 0 Å². The summed E-state index contributed by atoms with van der Waals surface area (Å²) in [7, 11) is 1.90. The van der Waals surface area contributed by atoms with Gasteiger partial charge in [-0.2, -0.15) is 5.10 Å². The summed E-state index contributed by atoms with van der Waals surface area (Å²) in [5, 5.41) is 7.82. The Bertz CT molecular complexity index is 556. The van der Waals surface area contributed by atoms with Gasteiger partial charge in [0.05, 0.1) is 17.4 Å². The van der Waals surface area contributed by atoms with Crippen LogP contribution >= 0.6 is 0 Å². The summed E-state index contributed by atoms with van der Waals surface area (Å²) in [6, 6.07) is 4.00. The van der Waals surface area contributed by atoms with Crippen molar-refractivity contribution in [1.29, 1.82) is 0 Å². The summed E-state index contributed by atoms with van der Waals surface area (Å²) in [5.41, 5.74) is 7.83. The molecule has 2 aromatic heterocycles. The van der Waals surface area contributed by atoms with Crippen molar-refractivity contribution in [1.82, 2.24) is 9.78 Å². The Hall–Kier alpha value is -1.91. The molecule has 0 spiro atoms. The van der Waals surface area contributed by atoms with Crippen LogP contribution in [-0.2, 0) is 13.5 Å². The van der Waals surface area contributed by atoms with Crippen LogP contribution in [0.25, 0.3) is 0 Å². The highest BCUT2D eigenvalue weighted by Crippen LogP contribution is 2.27. The van der Waals surface area contributed by atoms with Crippen LogP contribution in [0.4, 0.5) is 11.5 Å². The number of aromatic nitrogens is 2.